The van der Waals surface area contributed by atoms with Crippen molar-refractivity contribution in [2.45, 2.75) is 24.7 Å². The lowest BCUT2D eigenvalue weighted by Crippen LogP contribution is -2.24. The highest BCUT2D eigenvalue weighted by Crippen LogP contribution is 2.32. The van der Waals surface area contributed by atoms with Gasteiger partial charge in [-0.05, 0) is 62.2 Å². The largest absolute Gasteiger partial charge is 0.372 e. The molecule has 156 valence electrons. The van der Waals surface area contributed by atoms with Crippen molar-refractivity contribution in [2.75, 3.05) is 41.2 Å². The molecular weight excluding hydrogens is 414 g/mol. The van der Waals surface area contributed by atoms with E-state index in [-0.39, 0.29) is 17.4 Å². The lowest BCUT2D eigenvalue weighted by atomic mass is 10.2. The van der Waals surface area contributed by atoms with E-state index >= 15 is 0 Å². The maximum atomic E-state index is 12.8. The summed E-state index contributed by atoms with van der Waals surface area (Å²) in [6, 6.07) is 11.1. The van der Waals surface area contributed by atoms with Crippen molar-refractivity contribution in [3.8, 4) is 0 Å². The molecule has 0 atom stereocenters. The molecule has 2 aromatic carbocycles. The quantitative estimate of drug-likeness (QED) is 0.657. The number of sulfonamides is 1. The molecule has 0 saturated carbocycles. The Morgan fingerprint density at radius 1 is 1.14 bits per heavy atom. The molecule has 0 aromatic heterocycles. The Balaban J connectivity index is 1.89. The summed E-state index contributed by atoms with van der Waals surface area (Å²) >= 11 is 5.85. The third-order valence-electron chi connectivity index (χ3n) is 4.53. The van der Waals surface area contributed by atoms with Crippen LogP contribution in [0, 0.1) is 0 Å². The Labute approximate surface area is 176 Å². The minimum absolute atomic E-state index is 0.0575. The summed E-state index contributed by atoms with van der Waals surface area (Å²) in [7, 11) is -3.84. The van der Waals surface area contributed by atoms with Crippen molar-refractivity contribution in [1.29, 1.82) is 0 Å². The van der Waals surface area contributed by atoms with Crippen LogP contribution in [0.5, 0.6) is 0 Å². The minimum Gasteiger partial charge on any atom is -0.372 e. The van der Waals surface area contributed by atoms with Gasteiger partial charge in [0, 0.05) is 30.4 Å². The van der Waals surface area contributed by atoms with E-state index in [0.29, 0.717) is 23.0 Å². The molecule has 1 amide bonds. The van der Waals surface area contributed by atoms with Gasteiger partial charge >= 0.3 is 0 Å². The molecule has 0 bridgehead atoms. The number of ether oxygens (including phenoxy) is 1. The Hall–Kier alpha value is -2.29. The molecule has 0 aliphatic carbocycles. The molecule has 7 nitrogen and oxygen atoms in total. The van der Waals surface area contributed by atoms with Crippen LogP contribution < -0.4 is 14.9 Å². The van der Waals surface area contributed by atoms with Gasteiger partial charge < -0.3 is 15.0 Å². The molecule has 1 heterocycles. The molecule has 0 radical (unpaired) electrons. The second-order valence-electron chi connectivity index (χ2n) is 6.67. The zero-order valence-corrected chi connectivity index (χ0v) is 17.7. The molecule has 1 fully saturated rings. The topological polar surface area (TPSA) is 87.7 Å². The van der Waals surface area contributed by atoms with Gasteiger partial charge in [-0.25, -0.2) is 8.42 Å². The summed E-state index contributed by atoms with van der Waals surface area (Å²) in [4.78, 5) is 14.4. The van der Waals surface area contributed by atoms with Crippen LogP contribution in [0.2, 0.25) is 5.02 Å². The predicted molar refractivity (Wildman–Crippen MR) is 115 cm³/mol. The van der Waals surface area contributed by atoms with Crippen LogP contribution in [0.25, 0.3) is 0 Å². The molecule has 0 spiro atoms. The van der Waals surface area contributed by atoms with Crippen LogP contribution in [0.3, 0.4) is 0 Å². The summed E-state index contributed by atoms with van der Waals surface area (Å²) in [6.45, 7) is 3.87. The number of carbonyl (C=O) groups excluding carboxylic acids is 1. The van der Waals surface area contributed by atoms with Crippen LogP contribution in [0.1, 0.15) is 19.8 Å². The zero-order valence-electron chi connectivity index (χ0n) is 16.2. The first kappa shape index (κ1) is 21.4. The van der Waals surface area contributed by atoms with Crippen LogP contribution in [-0.2, 0) is 19.6 Å². The van der Waals surface area contributed by atoms with E-state index < -0.39 is 10.0 Å². The molecule has 9 heteroatoms. The van der Waals surface area contributed by atoms with Crippen molar-refractivity contribution >= 4 is 44.6 Å². The second kappa shape index (κ2) is 9.47. The molecule has 1 aliphatic heterocycles. The number of amides is 1. The summed E-state index contributed by atoms with van der Waals surface area (Å²) in [5, 5.41) is 3.31. The second-order valence-corrected chi connectivity index (χ2v) is 8.79. The molecule has 29 heavy (non-hydrogen) atoms. The normalized spacial score (nSPS) is 14.1. The number of halogens is 1. The van der Waals surface area contributed by atoms with Crippen molar-refractivity contribution in [3.63, 3.8) is 0 Å². The molecule has 2 aromatic rings. The number of carbonyl (C=O) groups is 1. The van der Waals surface area contributed by atoms with Crippen molar-refractivity contribution in [1.82, 2.24) is 0 Å². The number of nitrogens with zero attached hydrogens (tertiary/aromatic N) is 1. The number of hydrogen-bond acceptors (Lipinski definition) is 5. The lowest BCUT2D eigenvalue weighted by molar-refractivity contribution is -0.120. The fraction of sp³-hybridized carbons (Fsp3) is 0.350. The van der Waals surface area contributed by atoms with Crippen LogP contribution in [-0.4, -0.2) is 40.6 Å². The number of rotatable bonds is 8. The van der Waals surface area contributed by atoms with Crippen LogP contribution in [0.15, 0.2) is 47.4 Å². The van der Waals surface area contributed by atoms with E-state index in [0.717, 1.165) is 31.6 Å². The van der Waals surface area contributed by atoms with Crippen molar-refractivity contribution in [2.24, 2.45) is 0 Å². The number of anilines is 3. The molecular formula is C20H24ClN3O4S. The smallest absolute Gasteiger partial charge is 0.261 e. The van der Waals surface area contributed by atoms with Gasteiger partial charge in [0.2, 0.25) is 5.91 Å². The van der Waals surface area contributed by atoms with E-state index in [2.05, 4.69) is 14.9 Å². The standard InChI is InChI=1S/C20H24ClN3O4S/c1-2-28-14-20(25)22-18-13-17(9-10-19(18)24-11-3-4-12-24)29(26,27)23-16-7-5-15(21)6-8-16/h5-10,13,23H,2-4,11-12,14H2,1H3,(H,22,25). The fourth-order valence-electron chi connectivity index (χ4n) is 3.13. The first-order valence-electron chi connectivity index (χ1n) is 9.44. The highest BCUT2D eigenvalue weighted by Gasteiger charge is 2.21. The van der Waals surface area contributed by atoms with E-state index in [4.69, 9.17) is 16.3 Å². The fourth-order valence-corrected chi connectivity index (χ4v) is 4.34. The van der Waals surface area contributed by atoms with E-state index in [1.807, 2.05) is 0 Å². The van der Waals surface area contributed by atoms with Crippen LogP contribution >= 0.6 is 11.6 Å². The van der Waals surface area contributed by atoms with Crippen LogP contribution in [0.4, 0.5) is 17.1 Å². The van der Waals surface area contributed by atoms with E-state index in [1.165, 1.54) is 6.07 Å². The molecule has 1 aliphatic rings. The average Bonchev–Trinajstić information content (AvgIpc) is 3.22. The summed E-state index contributed by atoms with van der Waals surface area (Å²) in [5.74, 6) is -0.326. The van der Waals surface area contributed by atoms with E-state index in [1.54, 1.807) is 43.3 Å². The first-order valence-corrected chi connectivity index (χ1v) is 11.3. The Morgan fingerprint density at radius 3 is 2.48 bits per heavy atom. The van der Waals surface area contributed by atoms with Gasteiger partial charge in [0.25, 0.3) is 10.0 Å². The minimum atomic E-state index is -3.84. The molecule has 2 N–H and O–H groups in total. The number of hydrogen-bond donors (Lipinski definition) is 2. The Bertz CT molecular complexity index is 958. The van der Waals surface area contributed by atoms with Gasteiger partial charge in [-0.3, -0.25) is 9.52 Å². The predicted octanol–water partition coefficient (Wildman–Crippen LogP) is 3.72. The maximum Gasteiger partial charge on any atom is 0.261 e. The molecule has 1 saturated heterocycles. The summed E-state index contributed by atoms with van der Waals surface area (Å²) < 4.78 is 33.3. The van der Waals surface area contributed by atoms with Gasteiger partial charge in [-0.1, -0.05) is 11.6 Å². The summed E-state index contributed by atoms with van der Waals surface area (Å²) in [5.41, 5.74) is 1.66. The van der Waals surface area contributed by atoms with Crippen molar-refractivity contribution in [3.05, 3.63) is 47.5 Å². The van der Waals surface area contributed by atoms with Gasteiger partial charge in [0.15, 0.2) is 0 Å². The zero-order chi connectivity index (χ0) is 20.9. The third-order valence-corrected chi connectivity index (χ3v) is 6.16. The third kappa shape index (κ3) is 5.62. The van der Waals surface area contributed by atoms with Gasteiger partial charge in [0.1, 0.15) is 6.61 Å². The molecule has 3 rings (SSSR count). The Kier molecular flexibility index (Phi) is 7.00. The lowest BCUT2D eigenvalue weighted by Gasteiger charge is -2.22. The first-order chi connectivity index (χ1) is 13.9. The SMILES string of the molecule is CCOCC(=O)Nc1cc(S(=O)(=O)Nc2ccc(Cl)cc2)ccc1N1CCCC1. The number of nitrogens with one attached hydrogen (secondary N) is 2. The van der Waals surface area contributed by atoms with Gasteiger partial charge in [0.05, 0.1) is 16.3 Å². The van der Waals surface area contributed by atoms with E-state index in [9.17, 15) is 13.2 Å². The number of benzene rings is 2. The maximum absolute atomic E-state index is 12.8. The van der Waals surface area contributed by atoms with Gasteiger partial charge in [-0.15, -0.1) is 0 Å². The highest BCUT2D eigenvalue weighted by molar-refractivity contribution is 7.92. The van der Waals surface area contributed by atoms with Gasteiger partial charge in [-0.2, -0.15) is 0 Å². The van der Waals surface area contributed by atoms with Crippen molar-refractivity contribution < 1.29 is 17.9 Å². The Morgan fingerprint density at radius 2 is 1.83 bits per heavy atom. The monoisotopic (exact) mass is 437 g/mol. The summed E-state index contributed by atoms with van der Waals surface area (Å²) in [6.07, 6.45) is 2.12. The molecule has 0 unspecified atom stereocenters. The average molecular weight is 438 g/mol. The highest BCUT2D eigenvalue weighted by atomic mass is 35.5.